The van der Waals surface area contributed by atoms with Gasteiger partial charge in [0, 0.05) is 17.0 Å². The molecule has 1 fully saturated rings. The van der Waals surface area contributed by atoms with Crippen LogP contribution < -0.4 is 15.8 Å². The number of nitrogen functional groups attached to an aromatic ring is 1. The Balaban J connectivity index is 2.18. The average molecular weight is 329 g/mol. The highest BCUT2D eigenvalue weighted by Crippen LogP contribution is 2.33. The van der Waals surface area contributed by atoms with Gasteiger partial charge in [0.05, 0.1) is 5.69 Å². The van der Waals surface area contributed by atoms with E-state index in [9.17, 15) is 8.42 Å². The van der Waals surface area contributed by atoms with Crippen molar-refractivity contribution in [1.82, 2.24) is 4.72 Å². The molecule has 0 saturated heterocycles. The average Bonchev–Trinajstić information content (AvgIpc) is 2.88. The van der Waals surface area contributed by atoms with E-state index in [-0.39, 0.29) is 4.90 Å². The molecule has 0 bridgehead atoms. The van der Waals surface area contributed by atoms with Gasteiger partial charge in [-0.15, -0.1) is 0 Å². The first-order chi connectivity index (χ1) is 9.96. The zero-order valence-corrected chi connectivity index (χ0v) is 14.1. The second-order valence-corrected chi connectivity index (χ2v) is 8.63. The van der Waals surface area contributed by atoms with E-state index in [0.717, 1.165) is 18.6 Å². The van der Waals surface area contributed by atoms with Gasteiger partial charge in [0.15, 0.2) is 0 Å². The first kappa shape index (κ1) is 16.5. The van der Waals surface area contributed by atoms with Crippen LogP contribution in [0.15, 0.2) is 23.1 Å². The number of sulfonamides is 1. The molecule has 2 rings (SSSR count). The third-order valence-corrected chi connectivity index (χ3v) is 6.40. The highest BCUT2D eigenvalue weighted by atomic mass is 32.2. The summed E-state index contributed by atoms with van der Waals surface area (Å²) in [5, 5.41) is 4.05. The SMILES string of the molecule is CCSC1CCC(Nc2ccc(N)cc2S(=O)(=O)NC)C1. The quantitative estimate of drug-likeness (QED) is 0.697. The number of nitrogens with two attached hydrogens (primary N) is 1. The number of hydrogen-bond donors (Lipinski definition) is 3. The molecule has 0 spiro atoms. The van der Waals surface area contributed by atoms with Crippen molar-refractivity contribution in [2.24, 2.45) is 0 Å². The second-order valence-electron chi connectivity index (χ2n) is 5.19. The number of thioether (sulfide) groups is 1. The van der Waals surface area contributed by atoms with Crippen LogP contribution in [0.2, 0.25) is 0 Å². The first-order valence-corrected chi connectivity index (χ1v) is 9.70. The first-order valence-electron chi connectivity index (χ1n) is 7.17. The zero-order valence-electron chi connectivity index (χ0n) is 12.4. The number of nitrogens with one attached hydrogen (secondary N) is 2. The molecule has 2 atom stereocenters. The van der Waals surface area contributed by atoms with E-state index in [1.807, 2.05) is 11.8 Å². The van der Waals surface area contributed by atoms with E-state index in [2.05, 4.69) is 17.0 Å². The van der Waals surface area contributed by atoms with Crippen molar-refractivity contribution in [1.29, 1.82) is 0 Å². The van der Waals surface area contributed by atoms with Crippen molar-refractivity contribution in [3.63, 3.8) is 0 Å². The maximum atomic E-state index is 12.1. The summed E-state index contributed by atoms with van der Waals surface area (Å²) in [5.41, 5.74) is 6.80. The minimum Gasteiger partial charge on any atom is -0.399 e. The van der Waals surface area contributed by atoms with Crippen LogP contribution in [0.3, 0.4) is 0 Å². The topological polar surface area (TPSA) is 84.2 Å². The predicted octanol–water partition coefficient (Wildman–Crippen LogP) is 2.26. The normalized spacial score (nSPS) is 22.4. The fraction of sp³-hybridized carbons (Fsp3) is 0.571. The molecule has 1 aliphatic rings. The summed E-state index contributed by atoms with van der Waals surface area (Å²) < 4.78 is 26.6. The van der Waals surface area contributed by atoms with Gasteiger partial charge in [0.2, 0.25) is 10.0 Å². The molecule has 0 radical (unpaired) electrons. The number of rotatable bonds is 6. The highest BCUT2D eigenvalue weighted by molar-refractivity contribution is 7.99. The van der Waals surface area contributed by atoms with E-state index in [1.54, 1.807) is 12.1 Å². The van der Waals surface area contributed by atoms with Crippen LogP contribution in [0.5, 0.6) is 0 Å². The Kier molecular flexibility index (Phi) is 5.40. The lowest BCUT2D eigenvalue weighted by molar-refractivity contribution is 0.588. The molecule has 7 heteroatoms. The summed E-state index contributed by atoms with van der Waals surface area (Å²) in [6.07, 6.45) is 3.32. The smallest absolute Gasteiger partial charge is 0.242 e. The summed E-state index contributed by atoms with van der Waals surface area (Å²) in [6, 6.07) is 5.30. The molecule has 0 aromatic heterocycles. The van der Waals surface area contributed by atoms with Crippen LogP contribution in [0.4, 0.5) is 11.4 Å². The van der Waals surface area contributed by atoms with Gasteiger partial charge >= 0.3 is 0 Å². The highest BCUT2D eigenvalue weighted by Gasteiger charge is 2.26. The largest absolute Gasteiger partial charge is 0.399 e. The van der Waals surface area contributed by atoms with Crippen molar-refractivity contribution in [2.75, 3.05) is 23.9 Å². The fourth-order valence-electron chi connectivity index (χ4n) is 2.67. The zero-order chi connectivity index (χ0) is 15.5. The molecule has 5 nitrogen and oxygen atoms in total. The Labute approximate surface area is 131 Å². The molecule has 0 amide bonds. The number of anilines is 2. The molecule has 4 N–H and O–H groups in total. The molecule has 21 heavy (non-hydrogen) atoms. The molecular weight excluding hydrogens is 306 g/mol. The van der Waals surface area contributed by atoms with Gasteiger partial charge in [-0.2, -0.15) is 11.8 Å². The Hall–Kier alpha value is -0.920. The monoisotopic (exact) mass is 329 g/mol. The minimum absolute atomic E-state index is 0.219. The van der Waals surface area contributed by atoms with Crippen molar-refractivity contribution >= 4 is 33.2 Å². The van der Waals surface area contributed by atoms with Crippen molar-refractivity contribution in [3.8, 4) is 0 Å². The third kappa shape index (κ3) is 4.05. The van der Waals surface area contributed by atoms with Crippen LogP contribution in [0.1, 0.15) is 26.2 Å². The summed E-state index contributed by atoms with van der Waals surface area (Å²) in [5.74, 6) is 1.12. The van der Waals surface area contributed by atoms with E-state index >= 15 is 0 Å². The lowest BCUT2D eigenvalue weighted by Gasteiger charge is -2.18. The summed E-state index contributed by atoms with van der Waals surface area (Å²) in [4.78, 5) is 0.219. The van der Waals surface area contributed by atoms with E-state index in [0.29, 0.717) is 22.7 Å². The van der Waals surface area contributed by atoms with Crippen LogP contribution >= 0.6 is 11.8 Å². The predicted molar refractivity (Wildman–Crippen MR) is 90.3 cm³/mol. The number of benzene rings is 1. The molecule has 1 aliphatic carbocycles. The van der Waals surface area contributed by atoms with Crippen molar-refractivity contribution < 1.29 is 8.42 Å². The standard InChI is InChI=1S/C14H23N3O2S2/c1-3-20-12-6-5-11(9-12)17-13-7-4-10(15)8-14(13)21(18,19)16-2/h4,7-8,11-12,16-17H,3,5-6,9,15H2,1-2H3. The maximum Gasteiger partial charge on any atom is 0.242 e. The van der Waals surface area contributed by atoms with Crippen LogP contribution in [0, 0.1) is 0 Å². The molecule has 0 heterocycles. The van der Waals surface area contributed by atoms with Gasteiger partial charge in [0.25, 0.3) is 0 Å². The van der Waals surface area contributed by atoms with Gasteiger partial charge in [-0.25, -0.2) is 13.1 Å². The van der Waals surface area contributed by atoms with Gasteiger partial charge < -0.3 is 11.1 Å². The Morgan fingerprint density at radius 2 is 2.14 bits per heavy atom. The fourth-order valence-corrected chi connectivity index (χ4v) is 4.74. The summed E-state index contributed by atoms with van der Waals surface area (Å²) in [7, 11) is -2.11. The summed E-state index contributed by atoms with van der Waals surface area (Å²) in [6.45, 7) is 2.17. The van der Waals surface area contributed by atoms with Crippen molar-refractivity contribution in [2.45, 2.75) is 42.4 Å². The van der Waals surface area contributed by atoms with Gasteiger partial charge in [-0.3, -0.25) is 0 Å². The van der Waals surface area contributed by atoms with E-state index in [4.69, 9.17) is 5.73 Å². The molecule has 1 saturated carbocycles. The summed E-state index contributed by atoms with van der Waals surface area (Å²) >= 11 is 1.98. The molecule has 1 aromatic carbocycles. The maximum absolute atomic E-state index is 12.1. The van der Waals surface area contributed by atoms with Crippen LogP contribution in [-0.4, -0.2) is 32.5 Å². The van der Waals surface area contributed by atoms with Crippen LogP contribution in [-0.2, 0) is 10.0 Å². The van der Waals surface area contributed by atoms with Crippen molar-refractivity contribution in [3.05, 3.63) is 18.2 Å². The van der Waals surface area contributed by atoms with Gasteiger partial charge in [0.1, 0.15) is 4.90 Å². The van der Waals surface area contributed by atoms with E-state index < -0.39 is 10.0 Å². The minimum atomic E-state index is -3.51. The molecule has 2 unspecified atom stereocenters. The Morgan fingerprint density at radius 3 is 2.81 bits per heavy atom. The van der Waals surface area contributed by atoms with Crippen LogP contribution in [0.25, 0.3) is 0 Å². The lowest BCUT2D eigenvalue weighted by atomic mass is 10.2. The molecule has 1 aromatic rings. The Morgan fingerprint density at radius 1 is 1.38 bits per heavy atom. The van der Waals surface area contributed by atoms with Gasteiger partial charge in [-0.1, -0.05) is 6.92 Å². The molecule has 0 aliphatic heterocycles. The Bertz CT molecular complexity index is 590. The molecule has 118 valence electrons. The van der Waals surface area contributed by atoms with Gasteiger partial charge in [-0.05, 0) is 50.3 Å². The third-order valence-electron chi connectivity index (χ3n) is 3.71. The number of hydrogen-bond acceptors (Lipinski definition) is 5. The lowest BCUT2D eigenvalue weighted by Crippen LogP contribution is -2.23. The second kappa shape index (κ2) is 6.89. The molecular formula is C14H23N3O2S2. The van der Waals surface area contributed by atoms with E-state index in [1.165, 1.54) is 19.5 Å².